The van der Waals surface area contributed by atoms with Crippen LogP contribution in [0.25, 0.3) is 0 Å². The molecule has 23 heavy (non-hydrogen) atoms. The molecule has 6 nitrogen and oxygen atoms in total. The Morgan fingerprint density at radius 2 is 1.74 bits per heavy atom. The second kappa shape index (κ2) is 9.18. The molecule has 0 spiro atoms. The van der Waals surface area contributed by atoms with Gasteiger partial charge in [-0.05, 0) is 51.0 Å². The van der Waals surface area contributed by atoms with E-state index in [-0.39, 0.29) is 38.4 Å². The van der Waals surface area contributed by atoms with E-state index in [1.54, 1.807) is 32.9 Å². The fourth-order valence-corrected chi connectivity index (χ4v) is 3.76. The van der Waals surface area contributed by atoms with E-state index in [4.69, 9.17) is 18.9 Å². The van der Waals surface area contributed by atoms with Crippen molar-refractivity contribution in [1.82, 2.24) is 0 Å². The number of aliphatic hydroxyl groups excluding tert-OH is 1. The molecule has 0 aliphatic carbocycles. The van der Waals surface area contributed by atoms with Gasteiger partial charge in [-0.1, -0.05) is 0 Å². The third-order valence-electron chi connectivity index (χ3n) is 3.38. The van der Waals surface area contributed by atoms with E-state index in [1.807, 2.05) is 6.92 Å². The van der Waals surface area contributed by atoms with Gasteiger partial charge in [-0.25, -0.2) is 0 Å². The number of ketones is 1. The average Bonchev–Trinajstić information content (AvgIpc) is 2.48. The zero-order valence-corrected chi connectivity index (χ0v) is 15.0. The standard InChI is InChI=1S/C16H25O6P/c1-5-21-23(19,22-6-2)11-15(18)14-7-8-16(20-10-9-17)13(4)12(14)3/h7-8,17H,5-6,9-11H2,1-4H3. The Hall–Kier alpha value is -1.20. The first kappa shape index (κ1) is 19.8. The summed E-state index contributed by atoms with van der Waals surface area (Å²) in [5, 5.41) is 8.82. The SMILES string of the molecule is CCOP(=O)(CC(=O)c1ccc(OCCO)c(C)c1C)OCC. The van der Waals surface area contributed by atoms with Crippen LogP contribution in [0.5, 0.6) is 5.75 Å². The predicted octanol–water partition coefficient (Wildman–Crippen LogP) is 3.12. The normalized spacial score (nSPS) is 11.5. The number of aliphatic hydroxyl groups is 1. The second-order valence-electron chi connectivity index (χ2n) is 4.96. The molecule has 1 N–H and O–H groups in total. The highest BCUT2D eigenvalue weighted by Crippen LogP contribution is 2.48. The maximum atomic E-state index is 12.5. The summed E-state index contributed by atoms with van der Waals surface area (Å²) >= 11 is 0. The van der Waals surface area contributed by atoms with E-state index in [2.05, 4.69) is 0 Å². The lowest BCUT2D eigenvalue weighted by Crippen LogP contribution is -2.13. The molecule has 0 saturated heterocycles. The summed E-state index contributed by atoms with van der Waals surface area (Å²) < 4.78 is 28.2. The number of carbonyl (C=O) groups excluding carboxylic acids is 1. The topological polar surface area (TPSA) is 82.1 Å². The lowest BCUT2D eigenvalue weighted by Gasteiger charge is -2.18. The molecule has 0 saturated carbocycles. The zero-order valence-electron chi connectivity index (χ0n) is 14.1. The minimum atomic E-state index is -3.42. The Morgan fingerprint density at radius 1 is 1.13 bits per heavy atom. The molecule has 0 heterocycles. The fraction of sp³-hybridized carbons (Fsp3) is 0.562. The van der Waals surface area contributed by atoms with Crippen molar-refractivity contribution in [2.24, 2.45) is 0 Å². The van der Waals surface area contributed by atoms with Crippen LogP contribution in [0.3, 0.4) is 0 Å². The van der Waals surface area contributed by atoms with E-state index in [1.165, 1.54) is 0 Å². The van der Waals surface area contributed by atoms with Gasteiger partial charge >= 0.3 is 7.60 Å². The van der Waals surface area contributed by atoms with Crippen LogP contribution in [0, 0.1) is 13.8 Å². The molecule has 0 radical (unpaired) electrons. The molecule has 0 unspecified atom stereocenters. The molecule has 0 bridgehead atoms. The van der Waals surface area contributed by atoms with Crippen LogP contribution in [0.4, 0.5) is 0 Å². The van der Waals surface area contributed by atoms with Crippen LogP contribution in [-0.4, -0.2) is 43.5 Å². The van der Waals surface area contributed by atoms with Gasteiger partial charge in [-0.3, -0.25) is 9.36 Å². The average molecular weight is 344 g/mol. The van der Waals surface area contributed by atoms with Gasteiger partial charge in [0.15, 0.2) is 5.78 Å². The van der Waals surface area contributed by atoms with Crippen LogP contribution in [-0.2, 0) is 13.6 Å². The number of rotatable bonds is 10. The van der Waals surface area contributed by atoms with Gasteiger partial charge in [-0.15, -0.1) is 0 Å². The van der Waals surface area contributed by atoms with Crippen molar-refractivity contribution in [2.75, 3.05) is 32.6 Å². The smallest absolute Gasteiger partial charge is 0.338 e. The van der Waals surface area contributed by atoms with E-state index in [0.29, 0.717) is 11.3 Å². The van der Waals surface area contributed by atoms with E-state index < -0.39 is 7.60 Å². The van der Waals surface area contributed by atoms with Crippen molar-refractivity contribution >= 4 is 13.4 Å². The number of carbonyl (C=O) groups is 1. The summed E-state index contributed by atoms with van der Waals surface area (Å²) in [4.78, 5) is 12.5. The summed E-state index contributed by atoms with van der Waals surface area (Å²) in [6.45, 7) is 7.61. The molecule has 0 aromatic heterocycles. The van der Waals surface area contributed by atoms with Gasteiger partial charge in [0.25, 0.3) is 0 Å². The summed E-state index contributed by atoms with van der Waals surface area (Å²) in [7, 11) is -3.42. The molecule has 1 rings (SSSR count). The fourth-order valence-electron chi connectivity index (χ4n) is 2.19. The summed E-state index contributed by atoms with van der Waals surface area (Å²) in [6, 6.07) is 3.32. The Morgan fingerprint density at radius 3 is 2.26 bits per heavy atom. The molecule has 0 amide bonds. The first-order valence-electron chi connectivity index (χ1n) is 7.63. The molecule has 7 heteroatoms. The third kappa shape index (κ3) is 5.43. The summed E-state index contributed by atoms with van der Waals surface area (Å²) in [6.07, 6.45) is -0.286. The predicted molar refractivity (Wildman–Crippen MR) is 88.6 cm³/mol. The highest BCUT2D eigenvalue weighted by Gasteiger charge is 2.29. The van der Waals surface area contributed by atoms with Crippen LogP contribution in [0.15, 0.2) is 12.1 Å². The van der Waals surface area contributed by atoms with Gasteiger partial charge in [0.2, 0.25) is 0 Å². The van der Waals surface area contributed by atoms with Gasteiger partial charge in [0, 0.05) is 5.56 Å². The van der Waals surface area contributed by atoms with E-state index >= 15 is 0 Å². The Labute approximate surface area is 137 Å². The minimum Gasteiger partial charge on any atom is -0.491 e. The van der Waals surface area contributed by atoms with Crippen molar-refractivity contribution in [3.8, 4) is 5.75 Å². The van der Waals surface area contributed by atoms with Crippen molar-refractivity contribution < 1.29 is 28.3 Å². The molecule has 1 aromatic carbocycles. The highest BCUT2D eigenvalue weighted by atomic mass is 31.2. The number of hydrogen-bond acceptors (Lipinski definition) is 6. The van der Waals surface area contributed by atoms with E-state index in [0.717, 1.165) is 11.1 Å². The van der Waals surface area contributed by atoms with Gasteiger partial charge in [0.05, 0.1) is 19.8 Å². The van der Waals surface area contributed by atoms with Gasteiger partial charge in [-0.2, -0.15) is 0 Å². The van der Waals surface area contributed by atoms with Crippen molar-refractivity contribution in [1.29, 1.82) is 0 Å². The maximum Gasteiger partial charge on any atom is 0.338 e. The number of hydrogen-bond donors (Lipinski definition) is 1. The molecule has 130 valence electrons. The number of Topliss-reactive ketones (excluding diaryl/α,β-unsaturated/α-hetero) is 1. The number of ether oxygens (including phenoxy) is 1. The van der Waals surface area contributed by atoms with Crippen LogP contribution in [0.1, 0.15) is 35.3 Å². The number of benzene rings is 1. The van der Waals surface area contributed by atoms with Crippen LogP contribution < -0.4 is 4.74 Å². The Bertz CT molecular complexity index is 574. The Kier molecular flexibility index (Phi) is 7.92. The van der Waals surface area contributed by atoms with Gasteiger partial charge in [0.1, 0.15) is 18.5 Å². The monoisotopic (exact) mass is 344 g/mol. The minimum absolute atomic E-state index is 0.0783. The van der Waals surface area contributed by atoms with Crippen LogP contribution in [0.2, 0.25) is 0 Å². The molecule has 1 aromatic rings. The second-order valence-corrected chi connectivity index (χ2v) is 7.02. The lowest BCUT2D eigenvalue weighted by molar-refractivity contribution is 0.100. The van der Waals surface area contributed by atoms with Crippen LogP contribution >= 0.6 is 7.60 Å². The molecule has 0 aliphatic heterocycles. The maximum absolute atomic E-state index is 12.5. The summed E-state index contributed by atoms with van der Waals surface area (Å²) in [5.41, 5.74) is 2.04. The summed E-state index contributed by atoms with van der Waals surface area (Å²) in [5.74, 6) is 0.329. The molecule has 0 atom stereocenters. The first-order chi connectivity index (χ1) is 10.9. The van der Waals surface area contributed by atoms with Gasteiger partial charge < -0.3 is 18.9 Å². The first-order valence-corrected chi connectivity index (χ1v) is 9.36. The van der Waals surface area contributed by atoms with E-state index in [9.17, 15) is 9.36 Å². The molecule has 0 aliphatic rings. The molecular formula is C16H25O6P. The lowest BCUT2D eigenvalue weighted by atomic mass is 10.00. The molecular weight excluding hydrogens is 319 g/mol. The largest absolute Gasteiger partial charge is 0.491 e. The zero-order chi connectivity index (χ0) is 17.5. The van der Waals surface area contributed by atoms with Crippen molar-refractivity contribution in [3.63, 3.8) is 0 Å². The van der Waals surface area contributed by atoms with Crippen molar-refractivity contribution in [2.45, 2.75) is 27.7 Å². The molecule has 0 fully saturated rings. The quantitative estimate of drug-likeness (QED) is 0.519. The highest BCUT2D eigenvalue weighted by molar-refractivity contribution is 7.54. The third-order valence-corrected chi connectivity index (χ3v) is 5.35. The van der Waals surface area contributed by atoms with Crippen molar-refractivity contribution in [3.05, 3.63) is 28.8 Å². The Balaban J connectivity index is 3.00.